The number of aromatic nitrogens is 2. The number of hydrogen-bond donors (Lipinski definition) is 2. The van der Waals surface area contributed by atoms with E-state index in [0.29, 0.717) is 5.56 Å². The molecule has 1 amide bonds. The fraction of sp³-hybridized carbons (Fsp3) is 0.312. The van der Waals surface area contributed by atoms with E-state index in [9.17, 15) is 27.2 Å². The number of nitrogens with zero attached hydrogens (tertiary/aromatic N) is 1. The molecule has 0 saturated heterocycles. The first-order valence-electron chi connectivity index (χ1n) is 13.8. The number of rotatable bonds is 6. The van der Waals surface area contributed by atoms with Crippen LogP contribution in [0.5, 0.6) is 0 Å². The molecule has 1 aliphatic rings. The van der Waals surface area contributed by atoms with E-state index in [-0.39, 0.29) is 45.1 Å². The molecule has 1 aliphatic carbocycles. The van der Waals surface area contributed by atoms with Crippen LogP contribution in [0.15, 0.2) is 72.7 Å². The summed E-state index contributed by atoms with van der Waals surface area (Å²) in [5.74, 6) is -1.04. The summed E-state index contributed by atoms with van der Waals surface area (Å²) in [5, 5.41) is 0.345. The quantitative estimate of drug-likeness (QED) is 0.131. The maximum Gasteiger partial charge on any atom is 0.416 e. The standard InChI is InChI=1S/C26H21F4N3O2S.2C2H6.C2H4/c1-14-4-2-5-15(22(14)27)13-33-20-10-7-16(26(28,29)30)12-19(20)21(18-6-3-11-31-24(18)34)23(33)25(35)32-36-17-8-9-17;3*1-2/h2-7,10-12,17H,8-9,13H2,1H3,(H,31,34)(H,32,35);2*1-2H3;1-2H2. The number of pyridine rings is 1. The molecule has 0 aliphatic heterocycles. The van der Waals surface area contributed by atoms with Crippen molar-refractivity contribution < 1.29 is 22.4 Å². The highest BCUT2D eigenvalue weighted by Crippen LogP contribution is 2.39. The minimum absolute atomic E-state index is 0.00455. The summed E-state index contributed by atoms with van der Waals surface area (Å²) in [5.41, 5.74) is -0.408. The molecule has 4 aromatic rings. The van der Waals surface area contributed by atoms with Crippen molar-refractivity contribution in [1.29, 1.82) is 0 Å². The third-order valence-electron chi connectivity index (χ3n) is 6.14. The molecule has 5 nitrogen and oxygen atoms in total. The highest BCUT2D eigenvalue weighted by molar-refractivity contribution is 7.98. The SMILES string of the molecule is C=C.CC.CC.Cc1cccc(Cn2c(C(=O)NSC3CC3)c(-c3ccc[nH]c3=O)c3cc(C(F)(F)F)ccc32)c1F. The molecule has 42 heavy (non-hydrogen) atoms. The summed E-state index contributed by atoms with van der Waals surface area (Å²) in [7, 11) is 0. The van der Waals surface area contributed by atoms with E-state index < -0.39 is 29.0 Å². The molecule has 0 unspecified atom stereocenters. The first kappa shape index (κ1) is 34.4. The number of benzene rings is 2. The second-order valence-electron chi connectivity index (χ2n) is 8.75. The van der Waals surface area contributed by atoms with Crippen LogP contribution >= 0.6 is 11.9 Å². The molecule has 5 rings (SSSR count). The van der Waals surface area contributed by atoms with E-state index >= 15 is 0 Å². The summed E-state index contributed by atoms with van der Waals surface area (Å²) in [6, 6.07) is 11.0. The summed E-state index contributed by atoms with van der Waals surface area (Å²) in [6.45, 7) is 15.5. The Bertz CT molecular complexity index is 1560. The van der Waals surface area contributed by atoms with Crippen molar-refractivity contribution in [2.75, 3.05) is 0 Å². The van der Waals surface area contributed by atoms with Gasteiger partial charge in [0, 0.05) is 39.0 Å². The lowest BCUT2D eigenvalue weighted by Crippen LogP contribution is -2.23. The summed E-state index contributed by atoms with van der Waals surface area (Å²) >= 11 is 1.24. The Kier molecular flexibility index (Phi) is 12.7. The molecule has 226 valence electrons. The largest absolute Gasteiger partial charge is 0.416 e. The Hall–Kier alpha value is -3.79. The number of fused-ring (bicyclic) bond motifs is 1. The lowest BCUT2D eigenvalue weighted by molar-refractivity contribution is -0.137. The second-order valence-corrected chi connectivity index (χ2v) is 9.86. The van der Waals surface area contributed by atoms with E-state index in [1.54, 1.807) is 25.1 Å². The highest BCUT2D eigenvalue weighted by Gasteiger charge is 2.33. The zero-order valence-corrected chi connectivity index (χ0v) is 25.3. The maximum absolute atomic E-state index is 15.0. The summed E-state index contributed by atoms with van der Waals surface area (Å²) in [4.78, 5) is 28.8. The average molecular weight is 604 g/mol. The fourth-order valence-electron chi connectivity index (χ4n) is 4.19. The third-order valence-corrected chi connectivity index (χ3v) is 7.24. The van der Waals surface area contributed by atoms with Gasteiger partial charge in [-0.05, 0) is 67.6 Å². The van der Waals surface area contributed by atoms with Gasteiger partial charge in [0.05, 0.1) is 12.1 Å². The molecular weight excluding hydrogens is 566 g/mol. The molecule has 2 heterocycles. The minimum atomic E-state index is -4.64. The van der Waals surface area contributed by atoms with Crippen LogP contribution in [0.2, 0.25) is 0 Å². The van der Waals surface area contributed by atoms with Crippen LogP contribution in [0.1, 0.15) is 67.7 Å². The smallest absolute Gasteiger partial charge is 0.331 e. The third kappa shape index (κ3) is 7.73. The number of aromatic amines is 1. The molecule has 0 spiro atoms. The average Bonchev–Trinajstić information content (AvgIpc) is 3.78. The van der Waals surface area contributed by atoms with Gasteiger partial charge in [-0.15, -0.1) is 13.2 Å². The van der Waals surface area contributed by atoms with Crippen LogP contribution in [0.25, 0.3) is 22.0 Å². The first-order chi connectivity index (χ1) is 20.1. The summed E-state index contributed by atoms with van der Waals surface area (Å²) in [6.07, 6.45) is -1.34. The zero-order chi connectivity index (χ0) is 31.6. The van der Waals surface area contributed by atoms with Gasteiger partial charge in [0.2, 0.25) is 0 Å². The van der Waals surface area contributed by atoms with E-state index in [4.69, 9.17) is 0 Å². The van der Waals surface area contributed by atoms with Crippen molar-refractivity contribution >= 4 is 28.8 Å². The maximum atomic E-state index is 15.0. The number of halogens is 4. The number of amides is 1. The predicted molar refractivity (Wildman–Crippen MR) is 165 cm³/mol. The molecule has 2 aromatic carbocycles. The van der Waals surface area contributed by atoms with Gasteiger partial charge in [-0.1, -0.05) is 45.9 Å². The molecular formula is C32H37F4N3O2S. The molecule has 0 atom stereocenters. The topological polar surface area (TPSA) is 66.9 Å². The van der Waals surface area contributed by atoms with Gasteiger partial charge in [-0.2, -0.15) is 13.2 Å². The van der Waals surface area contributed by atoms with Crippen LogP contribution in [0, 0.1) is 12.7 Å². The van der Waals surface area contributed by atoms with Crippen molar-refractivity contribution in [3.8, 4) is 11.1 Å². The number of carbonyl (C=O) groups excluding carboxylic acids is 1. The molecule has 1 fully saturated rings. The van der Waals surface area contributed by atoms with Crippen molar-refractivity contribution in [2.45, 2.75) is 65.4 Å². The molecule has 2 aromatic heterocycles. The lowest BCUT2D eigenvalue weighted by Gasteiger charge is -2.14. The fourth-order valence-corrected chi connectivity index (χ4v) is 4.94. The van der Waals surface area contributed by atoms with Crippen molar-refractivity contribution in [2.24, 2.45) is 0 Å². The molecule has 10 heteroatoms. The van der Waals surface area contributed by atoms with Gasteiger partial charge < -0.3 is 9.55 Å². The Morgan fingerprint density at radius 1 is 1.07 bits per heavy atom. The zero-order valence-electron chi connectivity index (χ0n) is 24.5. The van der Waals surface area contributed by atoms with Gasteiger partial charge in [-0.25, -0.2) is 4.39 Å². The van der Waals surface area contributed by atoms with E-state index in [1.807, 2.05) is 27.7 Å². The van der Waals surface area contributed by atoms with Gasteiger partial charge in [0.25, 0.3) is 11.5 Å². The predicted octanol–water partition coefficient (Wildman–Crippen LogP) is 8.91. The van der Waals surface area contributed by atoms with Gasteiger partial charge in [-0.3, -0.25) is 14.3 Å². The van der Waals surface area contributed by atoms with E-state index in [1.165, 1.54) is 40.9 Å². The Balaban J connectivity index is 0.000000966. The first-order valence-corrected chi connectivity index (χ1v) is 14.6. The van der Waals surface area contributed by atoms with Crippen LogP contribution in [0.3, 0.4) is 0 Å². The van der Waals surface area contributed by atoms with E-state index in [0.717, 1.165) is 25.0 Å². The normalized spacial score (nSPS) is 12.2. The van der Waals surface area contributed by atoms with E-state index in [2.05, 4.69) is 22.9 Å². The molecule has 2 N–H and O–H groups in total. The number of aryl methyl sites for hydroxylation is 1. The Labute approximate surface area is 248 Å². The second kappa shape index (κ2) is 15.4. The lowest BCUT2D eigenvalue weighted by atomic mass is 10.0. The van der Waals surface area contributed by atoms with Crippen LogP contribution in [0.4, 0.5) is 17.6 Å². The minimum Gasteiger partial charge on any atom is -0.331 e. The van der Waals surface area contributed by atoms with Crippen molar-refractivity contribution in [1.82, 2.24) is 14.3 Å². The van der Waals surface area contributed by atoms with Crippen molar-refractivity contribution in [3.63, 3.8) is 0 Å². The Morgan fingerprint density at radius 3 is 2.33 bits per heavy atom. The number of carbonyl (C=O) groups is 1. The molecule has 0 bridgehead atoms. The highest BCUT2D eigenvalue weighted by atomic mass is 32.2. The van der Waals surface area contributed by atoms with Gasteiger partial charge in [0.15, 0.2) is 0 Å². The monoisotopic (exact) mass is 603 g/mol. The van der Waals surface area contributed by atoms with Crippen LogP contribution in [-0.2, 0) is 12.7 Å². The van der Waals surface area contributed by atoms with Crippen molar-refractivity contribution in [3.05, 3.63) is 106 Å². The van der Waals surface area contributed by atoms with Crippen LogP contribution in [-0.4, -0.2) is 20.7 Å². The number of nitrogens with one attached hydrogen (secondary N) is 2. The van der Waals surface area contributed by atoms with Gasteiger partial charge in [0.1, 0.15) is 11.5 Å². The van der Waals surface area contributed by atoms with Gasteiger partial charge >= 0.3 is 6.18 Å². The van der Waals surface area contributed by atoms with Crippen LogP contribution < -0.4 is 10.3 Å². The number of H-pyrrole nitrogens is 1. The number of hydrogen-bond acceptors (Lipinski definition) is 3. The number of alkyl halides is 3. The summed E-state index contributed by atoms with van der Waals surface area (Å²) < 4.78 is 60.2. The molecule has 1 saturated carbocycles. The Morgan fingerprint density at radius 2 is 1.74 bits per heavy atom. The molecule has 0 radical (unpaired) electrons.